The molecule has 0 aliphatic carbocycles. The van der Waals surface area contributed by atoms with Gasteiger partial charge in [0.05, 0.1) is 13.2 Å². The van der Waals surface area contributed by atoms with Crippen molar-refractivity contribution < 1.29 is 38.2 Å². The van der Waals surface area contributed by atoms with Crippen LogP contribution in [0.3, 0.4) is 0 Å². The van der Waals surface area contributed by atoms with Gasteiger partial charge < -0.3 is 19.3 Å². The number of ketones is 2. The van der Waals surface area contributed by atoms with Gasteiger partial charge in [-0.1, -0.05) is 0 Å². The van der Waals surface area contributed by atoms with Crippen LogP contribution in [0.15, 0.2) is 0 Å². The van der Waals surface area contributed by atoms with Gasteiger partial charge in [-0.05, 0) is 20.3 Å². The summed E-state index contributed by atoms with van der Waals surface area (Å²) in [6.45, 7) is 3.60. The summed E-state index contributed by atoms with van der Waals surface area (Å²) in [6.07, 6.45) is 0.295. The van der Waals surface area contributed by atoms with E-state index >= 15 is 0 Å². The molecular weight excluding hydrogens is 360 g/mol. The van der Waals surface area contributed by atoms with Crippen LogP contribution in [0.4, 0.5) is 0 Å². The molecule has 0 radical (unpaired) electrons. The highest BCUT2D eigenvalue weighted by Gasteiger charge is 2.45. The van der Waals surface area contributed by atoms with E-state index in [1.807, 2.05) is 0 Å². The van der Waals surface area contributed by atoms with Crippen LogP contribution in [0.25, 0.3) is 0 Å². The molecule has 0 saturated carbocycles. The number of Topliss-reactive ketones (excluding diaryl/α,β-unsaturated/α-hetero) is 2. The summed E-state index contributed by atoms with van der Waals surface area (Å²) in [6, 6.07) is 0. The zero-order chi connectivity index (χ0) is 20.1. The van der Waals surface area contributed by atoms with Crippen molar-refractivity contribution in [3.63, 3.8) is 0 Å². The molecule has 0 aromatic rings. The molecule has 2 rings (SSSR count). The summed E-state index contributed by atoms with van der Waals surface area (Å²) in [5.41, 5.74) is 0. The minimum atomic E-state index is -1.12. The second kappa shape index (κ2) is 8.74. The molecule has 0 N–H and O–H groups in total. The van der Waals surface area contributed by atoms with E-state index in [2.05, 4.69) is 0 Å². The van der Waals surface area contributed by atoms with Crippen molar-refractivity contribution in [2.45, 2.75) is 20.3 Å². The SMILES string of the molecule is CCOC(=O)C1CN(CCCN2CC(C(=O)OCC)C(=O)C2=O)C(=O)C1=O. The quantitative estimate of drug-likeness (QED) is 0.284. The van der Waals surface area contributed by atoms with Gasteiger partial charge in [-0.15, -0.1) is 0 Å². The molecule has 2 atom stereocenters. The monoisotopic (exact) mass is 382 g/mol. The normalized spacial score (nSPS) is 22.6. The Hall–Kier alpha value is -2.78. The first-order valence-electron chi connectivity index (χ1n) is 8.81. The van der Waals surface area contributed by atoms with Gasteiger partial charge in [-0.3, -0.25) is 28.8 Å². The third kappa shape index (κ3) is 4.32. The number of nitrogens with zero attached hydrogens (tertiary/aromatic N) is 2. The Morgan fingerprint density at radius 3 is 1.52 bits per heavy atom. The lowest BCUT2D eigenvalue weighted by Crippen LogP contribution is -2.33. The van der Waals surface area contributed by atoms with E-state index in [0.717, 1.165) is 0 Å². The molecule has 2 fully saturated rings. The van der Waals surface area contributed by atoms with Crippen LogP contribution < -0.4 is 0 Å². The van der Waals surface area contributed by atoms with Gasteiger partial charge in [0, 0.05) is 26.2 Å². The van der Waals surface area contributed by atoms with E-state index in [0.29, 0.717) is 6.42 Å². The molecule has 2 amide bonds. The van der Waals surface area contributed by atoms with Crippen LogP contribution in [-0.4, -0.2) is 84.5 Å². The van der Waals surface area contributed by atoms with E-state index in [-0.39, 0.29) is 39.4 Å². The molecule has 2 saturated heterocycles. The molecule has 10 heteroatoms. The number of hydrogen-bond donors (Lipinski definition) is 0. The molecule has 0 spiro atoms. The minimum absolute atomic E-state index is 0.0607. The molecule has 27 heavy (non-hydrogen) atoms. The Morgan fingerprint density at radius 1 is 0.815 bits per heavy atom. The maximum atomic E-state index is 12.0. The fourth-order valence-corrected chi connectivity index (χ4v) is 3.07. The van der Waals surface area contributed by atoms with Gasteiger partial charge >= 0.3 is 11.9 Å². The highest BCUT2D eigenvalue weighted by atomic mass is 16.5. The minimum Gasteiger partial charge on any atom is -0.465 e. The molecule has 0 bridgehead atoms. The van der Waals surface area contributed by atoms with Crippen LogP contribution >= 0.6 is 0 Å². The van der Waals surface area contributed by atoms with Crippen molar-refractivity contribution in [1.82, 2.24) is 9.80 Å². The predicted octanol–water partition coefficient (Wildman–Crippen LogP) is -1.44. The Morgan fingerprint density at radius 2 is 1.19 bits per heavy atom. The first-order valence-corrected chi connectivity index (χ1v) is 8.81. The second-order valence-electron chi connectivity index (χ2n) is 6.19. The van der Waals surface area contributed by atoms with Crippen LogP contribution in [0.1, 0.15) is 20.3 Å². The van der Waals surface area contributed by atoms with Crippen molar-refractivity contribution in [1.29, 1.82) is 0 Å². The lowest BCUT2D eigenvalue weighted by Gasteiger charge is -2.19. The van der Waals surface area contributed by atoms with Gasteiger partial charge in [-0.25, -0.2) is 0 Å². The smallest absolute Gasteiger partial charge is 0.318 e. The van der Waals surface area contributed by atoms with Crippen molar-refractivity contribution in [3.8, 4) is 0 Å². The Labute approximate surface area is 155 Å². The standard InChI is InChI=1S/C17H22N2O8/c1-3-26-16(24)10-8-18(14(22)12(10)20)6-5-7-19-9-11(13(21)15(19)23)17(25)27-4-2/h10-11H,3-9H2,1-2H3. The average Bonchev–Trinajstić information content (AvgIpc) is 3.07. The molecule has 2 unspecified atom stereocenters. The molecule has 2 aliphatic heterocycles. The Kier molecular flexibility index (Phi) is 6.65. The third-order valence-electron chi connectivity index (χ3n) is 4.43. The van der Waals surface area contributed by atoms with E-state index in [9.17, 15) is 28.8 Å². The number of likely N-dealkylation sites (tertiary alicyclic amines) is 2. The number of amides is 2. The number of carbonyl (C=O) groups is 6. The Balaban J connectivity index is 1.86. The molecule has 2 aliphatic rings. The molecule has 148 valence electrons. The van der Waals surface area contributed by atoms with E-state index < -0.39 is 47.2 Å². The average molecular weight is 382 g/mol. The second-order valence-corrected chi connectivity index (χ2v) is 6.19. The van der Waals surface area contributed by atoms with Crippen LogP contribution in [0, 0.1) is 11.8 Å². The summed E-state index contributed by atoms with van der Waals surface area (Å²) in [4.78, 5) is 73.5. The fraction of sp³-hybridized carbons (Fsp3) is 0.647. The summed E-state index contributed by atoms with van der Waals surface area (Å²) < 4.78 is 9.57. The first kappa shape index (κ1) is 20.5. The predicted molar refractivity (Wildman–Crippen MR) is 88.0 cm³/mol. The van der Waals surface area contributed by atoms with Crippen LogP contribution in [0.2, 0.25) is 0 Å². The number of esters is 2. The summed E-state index contributed by atoms with van der Waals surface area (Å²) >= 11 is 0. The van der Waals surface area contributed by atoms with Crippen molar-refractivity contribution in [2.75, 3.05) is 39.4 Å². The summed E-state index contributed by atoms with van der Waals surface area (Å²) in [7, 11) is 0. The first-order chi connectivity index (χ1) is 12.8. The highest BCUT2D eigenvalue weighted by molar-refractivity contribution is 6.42. The van der Waals surface area contributed by atoms with Crippen molar-refractivity contribution in [3.05, 3.63) is 0 Å². The molecule has 0 aromatic heterocycles. The van der Waals surface area contributed by atoms with E-state index in [1.165, 1.54) is 9.80 Å². The van der Waals surface area contributed by atoms with Gasteiger partial charge in [0.15, 0.2) is 0 Å². The van der Waals surface area contributed by atoms with E-state index in [1.54, 1.807) is 13.8 Å². The van der Waals surface area contributed by atoms with Gasteiger partial charge in [0.1, 0.15) is 11.8 Å². The number of rotatable bonds is 8. The maximum Gasteiger partial charge on any atom is 0.318 e. The topological polar surface area (TPSA) is 127 Å². The largest absolute Gasteiger partial charge is 0.465 e. The third-order valence-corrected chi connectivity index (χ3v) is 4.43. The molecular formula is C17H22N2O8. The lowest BCUT2D eigenvalue weighted by molar-refractivity contribution is -0.152. The zero-order valence-electron chi connectivity index (χ0n) is 15.3. The van der Waals surface area contributed by atoms with Crippen molar-refractivity contribution >= 4 is 35.3 Å². The number of carbonyl (C=O) groups excluding carboxylic acids is 6. The van der Waals surface area contributed by atoms with E-state index in [4.69, 9.17) is 9.47 Å². The summed E-state index contributed by atoms with van der Waals surface area (Å²) in [5, 5.41) is 0. The molecule has 2 heterocycles. The maximum absolute atomic E-state index is 12.0. The molecule has 10 nitrogen and oxygen atoms in total. The van der Waals surface area contributed by atoms with Crippen molar-refractivity contribution in [2.24, 2.45) is 11.8 Å². The van der Waals surface area contributed by atoms with Gasteiger partial charge in [0.25, 0.3) is 11.8 Å². The highest BCUT2D eigenvalue weighted by Crippen LogP contribution is 2.19. The van der Waals surface area contributed by atoms with Gasteiger partial charge in [-0.2, -0.15) is 0 Å². The zero-order valence-corrected chi connectivity index (χ0v) is 15.3. The Bertz CT molecular complexity index is 618. The lowest BCUT2D eigenvalue weighted by atomic mass is 10.1. The van der Waals surface area contributed by atoms with Crippen LogP contribution in [0.5, 0.6) is 0 Å². The van der Waals surface area contributed by atoms with Crippen LogP contribution in [-0.2, 0) is 38.2 Å². The number of ether oxygens (including phenoxy) is 2. The number of hydrogen-bond acceptors (Lipinski definition) is 8. The van der Waals surface area contributed by atoms with Gasteiger partial charge in [0.2, 0.25) is 11.6 Å². The molecule has 0 aromatic carbocycles. The summed E-state index contributed by atoms with van der Waals surface area (Å²) in [5.74, 6) is -6.83. The fourth-order valence-electron chi connectivity index (χ4n) is 3.07.